The first kappa shape index (κ1) is 9.06. The summed E-state index contributed by atoms with van der Waals surface area (Å²) in [5.41, 5.74) is 0. The van der Waals surface area contributed by atoms with Crippen molar-refractivity contribution in [3.8, 4) is 0 Å². The van der Waals surface area contributed by atoms with Gasteiger partial charge in [-0.2, -0.15) is 0 Å². The maximum Gasteiger partial charge on any atom is 0.0565 e. The van der Waals surface area contributed by atoms with Gasteiger partial charge in [0.2, 0.25) is 0 Å². The topological polar surface area (TPSA) is 20.2 Å². The third-order valence-electron chi connectivity index (χ3n) is 1.82. The van der Waals surface area contributed by atoms with E-state index in [0.717, 1.165) is 6.42 Å². The summed E-state index contributed by atoms with van der Waals surface area (Å²) in [6.07, 6.45) is 3.49. The van der Waals surface area contributed by atoms with Gasteiger partial charge in [-0.3, -0.25) is 0 Å². The summed E-state index contributed by atoms with van der Waals surface area (Å²) >= 11 is 0. The number of rotatable bonds is 0. The molecule has 0 aliphatic heterocycles. The van der Waals surface area contributed by atoms with Crippen LogP contribution in [-0.2, 0) is 32.7 Å². The van der Waals surface area contributed by atoms with Gasteiger partial charge in [0.1, 0.15) is 0 Å². The van der Waals surface area contributed by atoms with Crippen molar-refractivity contribution in [3.05, 3.63) is 0 Å². The number of aliphatic hydroxyl groups is 1. The maximum atomic E-state index is 9.00. The maximum absolute atomic E-state index is 9.00. The standard InChI is InChI=1S/C6H12O.Y/c1-5-3-2-4-6(5)7;/h5-7H,2-4H2,1H3;. The zero-order chi connectivity index (χ0) is 5.28. The Morgan fingerprint density at radius 3 is 2.12 bits per heavy atom. The minimum absolute atomic E-state index is 0. The summed E-state index contributed by atoms with van der Waals surface area (Å²) < 4.78 is 0. The number of hydrogen-bond donors (Lipinski definition) is 1. The molecule has 0 saturated heterocycles. The Morgan fingerprint density at radius 2 is 2.00 bits per heavy atom. The summed E-state index contributed by atoms with van der Waals surface area (Å²) in [6, 6.07) is 0. The zero-order valence-corrected chi connectivity index (χ0v) is 8.14. The summed E-state index contributed by atoms with van der Waals surface area (Å²) in [6.45, 7) is 2.11. The van der Waals surface area contributed by atoms with Crippen LogP contribution < -0.4 is 0 Å². The van der Waals surface area contributed by atoms with E-state index in [2.05, 4.69) is 6.92 Å². The Balaban J connectivity index is 0.000000490. The molecule has 1 radical (unpaired) electrons. The summed E-state index contributed by atoms with van der Waals surface area (Å²) in [7, 11) is 0. The van der Waals surface area contributed by atoms with Crippen LogP contribution in [-0.4, -0.2) is 11.2 Å². The molecule has 1 rings (SSSR count). The van der Waals surface area contributed by atoms with Crippen molar-refractivity contribution in [3.63, 3.8) is 0 Å². The van der Waals surface area contributed by atoms with Crippen LogP contribution in [0, 0.1) is 5.92 Å². The van der Waals surface area contributed by atoms with E-state index in [1.54, 1.807) is 0 Å². The number of hydrogen-bond acceptors (Lipinski definition) is 1. The minimum atomic E-state index is 0. The van der Waals surface area contributed by atoms with Crippen LogP contribution in [0.25, 0.3) is 0 Å². The minimum Gasteiger partial charge on any atom is -0.393 e. The first-order valence-corrected chi connectivity index (χ1v) is 2.99. The molecule has 2 atom stereocenters. The van der Waals surface area contributed by atoms with Gasteiger partial charge in [-0.15, -0.1) is 0 Å². The van der Waals surface area contributed by atoms with Gasteiger partial charge < -0.3 is 5.11 Å². The van der Waals surface area contributed by atoms with Crippen molar-refractivity contribution in [2.24, 2.45) is 5.92 Å². The normalized spacial score (nSPS) is 36.8. The molecule has 8 heavy (non-hydrogen) atoms. The molecule has 1 N–H and O–H groups in total. The smallest absolute Gasteiger partial charge is 0.0565 e. The van der Waals surface area contributed by atoms with Crippen LogP contribution >= 0.6 is 0 Å². The fraction of sp³-hybridized carbons (Fsp3) is 1.00. The van der Waals surface area contributed by atoms with Gasteiger partial charge >= 0.3 is 0 Å². The number of aliphatic hydroxyl groups excluding tert-OH is 1. The van der Waals surface area contributed by atoms with Crippen molar-refractivity contribution in [2.45, 2.75) is 32.3 Å². The average molecular weight is 189 g/mol. The molecule has 45 valence electrons. The molecule has 0 heterocycles. The average Bonchev–Trinajstić information content (AvgIpc) is 1.91. The second kappa shape index (κ2) is 3.97. The fourth-order valence-corrected chi connectivity index (χ4v) is 1.13. The Kier molecular flexibility index (Phi) is 4.50. The molecule has 2 heteroatoms. The van der Waals surface area contributed by atoms with Gasteiger partial charge in [-0.1, -0.05) is 13.3 Å². The SMILES string of the molecule is CC1CCCC1O.[Y]. The van der Waals surface area contributed by atoms with E-state index in [-0.39, 0.29) is 38.8 Å². The first-order valence-electron chi connectivity index (χ1n) is 2.99. The van der Waals surface area contributed by atoms with Crippen LogP contribution in [0.3, 0.4) is 0 Å². The second-order valence-corrected chi connectivity index (χ2v) is 2.48. The Morgan fingerprint density at radius 1 is 1.38 bits per heavy atom. The summed E-state index contributed by atoms with van der Waals surface area (Å²) in [5, 5.41) is 9.00. The van der Waals surface area contributed by atoms with E-state index in [0.29, 0.717) is 5.92 Å². The molecule has 1 saturated carbocycles. The molecule has 0 aromatic carbocycles. The van der Waals surface area contributed by atoms with Gasteiger partial charge in [-0.05, 0) is 18.8 Å². The molecule has 0 amide bonds. The van der Waals surface area contributed by atoms with Crippen LogP contribution in [0.2, 0.25) is 0 Å². The predicted octanol–water partition coefficient (Wildman–Crippen LogP) is 1.16. The molecule has 0 aromatic heterocycles. The molecule has 1 nitrogen and oxygen atoms in total. The molecule has 0 spiro atoms. The van der Waals surface area contributed by atoms with Gasteiger partial charge in [0, 0.05) is 32.7 Å². The van der Waals surface area contributed by atoms with Crippen molar-refractivity contribution >= 4 is 0 Å². The molecule has 0 aromatic rings. The summed E-state index contributed by atoms with van der Waals surface area (Å²) in [4.78, 5) is 0. The van der Waals surface area contributed by atoms with E-state index in [4.69, 9.17) is 5.11 Å². The van der Waals surface area contributed by atoms with Gasteiger partial charge in [0.15, 0.2) is 0 Å². The molecule has 0 bridgehead atoms. The molecule has 2 unspecified atom stereocenters. The molecular weight excluding hydrogens is 177 g/mol. The van der Waals surface area contributed by atoms with Crippen molar-refractivity contribution in [1.82, 2.24) is 0 Å². The second-order valence-electron chi connectivity index (χ2n) is 2.48. The Labute approximate surface area is 75.7 Å². The largest absolute Gasteiger partial charge is 0.393 e. The Bertz CT molecular complexity index is 57.5. The third-order valence-corrected chi connectivity index (χ3v) is 1.82. The molecular formula is C6H12OY. The van der Waals surface area contributed by atoms with Crippen LogP contribution in [0.5, 0.6) is 0 Å². The monoisotopic (exact) mass is 189 g/mol. The first-order chi connectivity index (χ1) is 3.30. The van der Waals surface area contributed by atoms with E-state index in [9.17, 15) is 0 Å². The van der Waals surface area contributed by atoms with E-state index in [1.165, 1.54) is 12.8 Å². The molecule has 1 fully saturated rings. The van der Waals surface area contributed by atoms with Crippen LogP contribution in [0.15, 0.2) is 0 Å². The van der Waals surface area contributed by atoms with Crippen molar-refractivity contribution in [2.75, 3.05) is 0 Å². The zero-order valence-electron chi connectivity index (χ0n) is 5.30. The van der Waals surface area contributed by atoms with Crippen molar-refractivity contribution < 1.29 is 37.8 Å². The summed E-state index contributed by atoms with van der Waals surface area (Å²) in [5.74, 6) is 0.569. The van der Waals surface area contributed by atoms with E-state index in [1.807, 2.05) is 0 Å². The Hall–Kier alpha value is 1.06. The van der Waals surface area contributed by atoms with E-state index >= 15 is 0 Å². The van der Waals surface area contributed by atoms with Crippen molar-refractivity contribution in [1.29, 1.82) is 0 Å². The fourth-order valence-electron chi connectivity index (χ4n) is 1.13. The van der Waals surface area contributed by atoms with Gasteiger partial charge in [0.05, 0.1) is 6.10 Å². The van der Waals surface area contributed by atoms with Gasteiger partial charge in [0.25, 0.3) is 0 Å². The van der Waals surface area contributed by atoms with Crippen LogP contribution in [0.1, 0.15) is 26.2 Å². The predicted molar refractivity (Wildman–Crippen MR) is 29.0 cm³/mol. The van der Waals surface area contributed by atoms with Gasteiger partial charge in [-0.25, -0.2) is 0 Å². The van der Waals surface area contributed by atoms with E-state index < -0.39 is 0 Å². The third kappa shape index (κ3) is 2.12. The molecule has 1 aliphatic carbocycles. The van der Waals surface area contributed by atoms with Crippen LogP contribution in [0.4, 0.5) is 0 Å². The molecule has 1 aliphatic rings. The quantitative estimate of drug-likeness (QED) is 0.606.